The molecule has 0 bridgehead atoms. The zero-order valence-electron chi connectivity index (χ0n) is 18.1. The monoisotopic (exact) mass is 393 g/mol. The van der Waals surface area contributed by atoms with Crippen LogP contribution in [0.4, 0.5) is 0 Å². The van der Waals surface area contributed by atoms with Crippen molar-refractivity contribution in [3.63, 3.8) is 0 Å². The Labute approximate surface area is 173 Å². The van der Waals surface area contributed by atoms with E-state index in [2.05, 4.69) is 27.7 Å². The lowest BCUT2D eigenvalue weighted by atomic mass is 10.1. The largest absolute Gasteiger partial charge is 0.497 e. The third kappa shape index (κ3) is 4.29. The van der Waals surface area contributed by atoms with Gasteiger partial charge in [-0.15, -0.1) is 0 Å². The first-order valence-electron chi connectivity index (χ1n) is 10.4. The van der Waals surface area contributed by atoms with Crippen molar-refractivity contribution in [3.8, 4) is 17.1 Å². The molecular weight excluding hydrogens is 362 g/mol. The van der Waals surface area contributed by atoms with E-state index < -0.39 is 0 Å². The SMILES string of the molecule is CCC(C)N(C(=O)Cn1c(-c2ccc(OC)cc2)nc2ccccc21)C(C)CC. The molecule has 1 aromatic heterocycles. The molecule has 0 radical (unpaired) electrons. The van der Waals surface area contributed by atoms with Crippen LogP contribution in [0.2, 0.25) is 0 Å². The van der Waals surface area contributed by atoms with Gasteiger partial charge < -0.3 is 14.2 Å². The predicted octanol–water partition coefficient (Wildman–Crippen LogP) is 5.14. The molecule has 1 amide bonds. The van der Waals surface area contributed by atoms with Crippen molar-refractivity contribution >= 4 is 16.9 Å². The van der Waals surface area contributed by atoms with E-state index in [0.717, 1.165) is 41.0 Å². The van der Waals surface area contributed by atoms with E-state index in [1.54, 1.807) is 7.11 Å². The molecule has 5 nitrogen and oxygen atoms in total. The number of para-hydroxylation sites is 2. The van der Waals surface area contributed by atoms with Crippen LogP contribution >= 0.6 is 0 Å². The van der Waals surface area contributed by atoms with Crippen LogP contribution in [0.25, 0.3) is 22.4 Å². The highest BCUT2D eigenvalue weighted by Crippen LogP contribution is 2.27. The van der Waals surface area contributed by atoms with Gasteiger partial charge in [-0.1, -0.05) is 26.0 Å². The van der Waals surface area contributed by atoms with E-state index in [1.807, 2.05) is 58.0 Å². The molecule has 0 saturated heterocycles. The number of hydrogen-bond acceptors (Lipinski definition) is 3. The van der Waals surface area contributed by atoms with Crippen LogP contribution in [0.3, 0.4) is 0 Å². The normalized spacial score (nSPS) is 13.3. The van der Waals surface area contributed by atoms with E-state index in [1.165, 1.54) is 0 Å². The molecule has 0 spiro atoms. The zero-order valence-corrected chi connectivity index (χ0v) is 18.1. The summed E-state index contributed by atoms with van der Waals surface area (Å²) in [6.45, 7) is 8.78. The third-order valence-electron chi connectivity index (χ3n) is 5.72. The van der Waals surface area contributed by atoms with Crippen LogP contribution in [0.1, 0.15) is 40.5 Å². The molecule has 5 heteroatoms. The number of amides is 1. The lowest BCUT2D eigenvalue weighted by molar-refractivity contribution is -0.136. The van der Waals surface area contributed by atoms with Gasteiger partial charge in [-0.3, -0.25) is 4.79 Å². The van der Waals surface area contributed by atoms with Crippen LogP contribution < -0.4 is 4.74 Å². The van der Waals surface area contributed by atoms with Gasteiger partial charge >= 0.3 is 0 Å². The Morgan fingerprint density at radius 2 is 1.66 bits per heavy atom. The highest BCUT2D eigenvalue weighted by Gasteiger charge is 2.25. The standard InChI is InChI=1S/C24H31N3O2/c1-6-17(3)27(18(4)7-2)23(28)16-26-22-11-9-8-10-21(22)25-24(26)19-12-14-20(29-5)15-13-19/h8-15,17-18H,6-7,16H2,1-5H3. The number of fused-ring (bicyclic) bond motifs is 1. The summed E-state index contributed by atoms with van der Waals surface area (Å²) < 4.78 is 7.32. The van der Waals surface area contributed by atoms with Gasteiger partial charge in [-0.2, -0.15) is 0 Å². The second-order valence-electron chi connectivity index (χ2n) is 7.55. The number of carbonyl (C=O) groups is 1. The number of benzene rings is 2. The summed E-state index contributed by atoms with van der Waals surface area (Å²) in [4.78, 5) is 20.3. The Balaban J connectivity index is 2.04. The molecule has 3 aromatic rings. The molecule has 0 saturated carbocycles. The minimum atomic E-state index is 0.131. The van der Waals surface area contributed by atoms with Crippen molar-refractivity contribution in [2.75, 3.05) is 7.11 Å². The second kappa shape index (κ2) is 9.12. The summed E-state index contributed by atoms with van der Waals surface area (Å²) >= 11 is 0. The first-order chi connectivity index (χ1) is 14.0. The van der Waals surface area contributed by atoms with Gasteiger partial charge in [0.15, 0.2) is 0 Å². The highest BCUT2D eigenvalue weighted by atomic mass is 16.5. The topological polar surface area (TPSA) is 47.4 Å². The van der Waals surface area contributed by atoms with Crippen molar-refractivity contribution in [3.05, 3.63) is 48.5 Å². The number of rotatable bonds is 8. The van der Waals surface area contributed by atoms with Crippen LogP contribution in [-0.4, -0.2) is 39.6 Å². The van der Waals surface area contributed by atoms with Crippen molar-refractivity contribution in [2.45, 2.75) is 59.2 Å². The van der Waals surface area contributed by atoms with E-state index >= 15 is 0 Å². The summed E-state index contributed by atoms with van der Waals surface area (Å²) in [6.07, 6.45) is 1.87. The van der Waals surface area contributed by atoms with E-state index in [0.29, 0.717) is 0 Å². The number of aromatic nitrogens is 2. The fourth-order valence-corrected chi connectivity index (χ4v) is 3.73. The number of carbonyl (C=O) groups excluding carboxylic acids is 1. The summed E-state index contributed by atoms with van der Waals surface area (Å²) in [6, 6.07) is 16.2. The Morgan fingerprint density at radius 1 is 1.03 bits per heavy atom. The molecule has 3 rings (SSSR count). The van der Waals surface area contributed by atoms with Gasteiger partial charge in [-0.25, -0.2) is 4.98 Å². The quantitative estimate of drug-likeness (QED) is 0.532. The van der Waals surface area contributed by atoms with E-state index in [9.17, 15) is 4.79 Å². The van der Waals surface area contributed by atoms with Crippen LogP contribution in [0.15, 0.2) is 48.5 Å². The molecule has 0 fully saturated rings. The average Bonchev–Trinajstić information content (AvgIpc) is 3.12. The van der Waals surface area contributed by atoms with Gasteiger partial charge in [0.2, 0.25) is 5.91 Å². The molecule has 0 aliphatic rings. The zero-order chi connectivity index (χ0) is 21.0. The summed E-state index contributed by atoms with van der Waals surface area (Å²) in [5.74, 6) is 1.73. The van der Waals surface area contributed by atoms with Crippen molar-refractivity contribution in [1.82, 2.24) is 14.5 Å². The lowest BCUT2D eigenvalue weighted by Gasteiger charge is -2.34. The Hall–Kier alpha value is -2.82. The van der Waals surface area contributed by atoms with E-state index in [4.69, 9.17) is 9.72 Å². The molecule has 2 unspecified atom stereocenters. The molecule has 1 heterocycles. The van der Waals surface area contributed by atoms with Crippen molar-refractivity contribution in [1.29, 1.82) is 0 Å². The maximum absolute atomic E-state index is 13.4. The van der Waals surface area contributed by atoms with Gasteiger partial charge in [0.05, 0.1) is 18.1 Å². The highest BCUT2D eigenvalue weighted by molar-refractivity contribution is 5.84. The molecular formula is C24H31N3O2. The fraction of sp³-hybridized carbons (Fsp3) is 0.417. The van der Waals surface area contributed by atoms with Gasteiger partial charge in [0.25, 0.3) is 0 Å². The van der Waals surface area contributed by atoms with Crippen LogP contribution in [0.5, 0.6) is 5.75 Å². The predicted molar refractivity (Wildman–Crippen MR) is 118 cm³/mol. The van der Waals surface area contributed by atoms with Crippen molar-refractivity contribution in [2.24, 2.45) is 0 Å². The first-order valence-corrected chi connectivity index (χ1v) is 10.4. The molecule has 29 heavy (non-hydrogen) atoms. The minimum Gasteiger partial charge on any atom is -0.497 e. The van der Waals surface area contributed by atoms with Gasteiger partial charge in [0, 0.05) is 17.6 Å². The second-order valence-corrected chi connectivity index (χ2v) is 7.55. The minimum absolute atomic E-state index is 0.131. The smallest absolute Gasteiger partial charge is 0.243 e. The summed E-state index contributed by atoms with van der Waals surface area (Å²) in [5.41, 5.74) is 2.83. The summed E-state index contributed by atoms with van der Waals surface area (Å²) in [7, 11) is 1.65. The van der Waals surface area contributed by atoms with Gasteiger partial charge in [0.1, 0.15) is 18.1 Å². The van der Waals surface area contributed by atoms with Crippen LogP contribution in [-0.2, 0) is 11.3 Å². The molecule has 0 N–H and O–H groups in total. The Bertz CT molecular complexity index is 952. The van der Waals surface area contributed by atoms with E-state index in [-0.39, 0.29) is 24.5 Å². The maximum Gasteiger partial charge on any atom is 0.243 e. The fourth-order valence-electron chi connectivity index (χ4n) is 3.73. The number of nitrogens with zero attached hydrogens (tertiary/aromatic N) is 3. The first kappa shape index (κ1) is 20.9. The number of ether oxygens (including phenoxy) is 1. The van der Waals surface area contributed by atoms with Crippen molar-refractivity contribution < 1.29 is 9.53 Å². The Morgan fingerprint density at radius 3 is 2.24 bits per heavy atom. The number of hydrogen-bond donors (Lipinski definition) is 0. The molecule has 2 aromatic carbocycles. The number of methoxy groups -OCH3 is 1. The average molecular weight is 394 g/mol. The third-order valence-corrected chi connectivity index (χ3v) is 5.72. The molecule has 0 aliphatic carbocycles. The van der Waals surface area contributed by atoms with Gasteiger partial charge in [-0.05, 0) is 63.1 Å². The number of imidazole rings is 1. The summed E-state index contributed by atoms with van der Waals surface area (Å²) in [5, 5.41) is 0. The maximum atomic E-state index is 13.4. The lowest BCUT2D eigenvalue weighted by Crippen LogP contribution is -2.45. The molecule has 2 atom stereocenters. The molecule has 0 aliphatic heterocycles. The van der Waals surface area contributed by atoms with Crippen LogP contribution in [0, 0.1) is 0 Å². The Kier molecular flexibility index (Phi) is 6.57. The molecule has 154 valence electrons.